The Balaban J connectivity index is 1.29. The van der Waals surface area contributed by atoms with Gasteiger partial charge in [-0.05, 0) is 69.4 Å². The average molecular weight is 604 g/mol. The first-order chi connectivity index (χ1) is 22.8. The van der Waals surface area contributed by atoms with E-state index in [0.717, 1.165) is 11.4 Å². The third-order valence-electron chi connectivity index (χ3n) is 9.03. The van der Waals surface area contributed by atoms with Crippen molar-refractivity contribution >= 4 is 70.1 Å². The molecule has 0 saturated carbocycles. The zero-order chi connectivity index (χ0) is 30.5. The third kappa shape index (κ3) is 4.54. The second-order valence-electron chi connectivity index (χ2n) is 11.8. The lowest BCUT2D eigenvalue weighted by Gasteiger charge is -2.28. The van der Waals surface area contributed by atoms with Crippen LogP contribution in [0.4, 0.5) is 17.1 Å². The van der Waals surface area contributed by atoms with Gasteiger partial charge in [-0.15, -0.1) is 11.3 Å². The first-order valence-electron chi connectivity index (χ1n) is 15.7. The molecule has 0 aliphatic rings. The molecular formula is C44H29NS. The second-order valence-corrected chi connectivity index (χ2v) is 12.8. The minimum absolute atomic E-state index is 1.13. The number of nitrogens with zero attached hydrogens (tertiary/aromatic N) is 1. The summed E-state index contributed by atoms with van der Waals surface area (Å²) in [6, 6.07) is 63.9. The summed E-state index contributed by atoms with van der Waals surface area (Å²) in [6.07, 6.45) is 0. The predicted molar refractivity (Wildman–Crippen MR) is 200 cm³/mol. The van der Waals surface area contributed by atoms with Gasteiger partial charge in [0.1, 0.15) is 0 Å². The van der Waals surface area contributed by atoms with Crippen LogP contribution < -0.4 is 4.90 Å². The van der Waals surface area contributed by atoms with Crippen molar-refractivity contribution in [2.24, 2.45) is 0 Å². The summed E-state index contributed by atoms with van der Waals surface area (Å²) in [4.78, 5) is 2.44. The van der Waals surface area contributed by atoms with Gasteiger partial charge in [0, 0.05) is 42.3 Å². The lowest BCUT2D eigenvalue weighted by atomic mass is 10.00. The molecule has 1 heterocycles. The largest absolute Gasteiger partial charge is 0.310 e. The molecule has 8 aromatic carbocycles. The van der Waals surface area contributed by atoms with Gasteiger partial charge in [-0.2, -0.15) is 0 Å². The van der Waals surface area contributed by atoms with E-state index >= 15 is 0 Å². The fourth-order valence-electron chi connectivity index (χ4n) is 6.75. The molecule has 9 aromatic rings. The Kier molecular flexibility index (Phi) is 6.40. The number of fused-ring (bicyclic) bond motifs is 6. The number of benzene rings is 8. The van der Waals surface area contributed by atoms with E-state index in [9.17, 15) is 0 Å². The maximum Gasteiger partial charge on any atom is 0.0547 e. The first kappa shape index (κ1) is 26.7. The Morgan fingerprint density at radius 1 is 0.348 bits per heavy atom. The zero-order valence-corrected chi connectivity index (χ0v) is 25.9. The van der Waals surface area contributed by atoms with E-state index in [0.29, 0.717) is 0 Å². The highest BCUT2D eigenvalue weighted by molar-refractivity contribution is 7.26. The summed E-state index contributed by atoms with van der Waals surface area (Å²) in [7, 11) is 0. The summed E-state index contributed by atoms with van der Waals surface area (Å²) in [5.41, 5.74) is 8.37. The van der Waals surface area contributed by atoms with Crippen LogP contribution in [0.3, 0.4) is 0 Å². The van der Waals surface area contributed by atoms with E-state index in [-0.39, 0.29) is 0 Å². The van der Waals surface area contributed by atoms with Crippen molar-refractivity contribution in [3.05, 3.63) is 176 Å². The van der Waals surface area contributed by atoms with Crippen molar-refractivity contribution in [2.75, 3.05) is 4.90 Å². The molecule has 0 saturated heterocycles. The lowest BCUT2D eigenvalue weighted by Crippen LogP contribution is -2.10. The molecule has 0 fully saturated rings. The molecule has 1 aromatic heterocycles. The molecule has 0 amide bonds. The van der Waals surface area contributed by atoms with Crippen LogP contribution in [0.2, 0.25) is 0 Å². The first-order valence-corrected chi connectivity index (χ1v) is 16.5. The van der Waals surface area contributed by atoms with E-state index < -0.39 is 0 Å². The number of rotatable bonds is 5. The summed E-state index contributed by atoms with van der Waals surface area (Å²) in [6.45, 7) is 0. The van der Waals surface area contributed by atoms with Crippen molar-refractivity contribution in [3.63, 3.8) is 0 Å². The lowest BCUT2D eigenvalue weighted by molar-refractivity contribution is 1.31. The Bertz CT molecular complexity index is 2510. The molecular weight excluding hydrogens is 575 g/mol. The zero-order valence-electron chi connectivity index (χ0n) is 25.1. The van der Waals surface area contributed by atoms with Crippen molar-refractivity contribution in [1.29, 1.82) is 0 Å². The average Bonchev–Trinajstić information content (AvgIpc) is 3.51. The maximum absolute atomic E-state index is 2.44. The standard InChI is InChI=1S/C44H29NS/c1-3-11-30(12-4-1)33-19-23-36(24-20-33)45(37-25-21-32-15-7-8-16-34(32)27-37)42-29-41-39-26-22-35(31-13-5-2-6-14-31)28-43(39)46-44(41)40-18-10-9-17-38(40)42/h1-29H. The highest BCUT2D eigenvalue weighted by atomic mass is 32.1. The van der Waals surface area contributed by atoms with Crippen LogP contribution in [0, 0.1) is 0 Å². The summed E-state index contributed by atoms with van der Waals surface area (Å²) < 4.78 is 2.64. The van der Waals surface area contributed by atoms with Crippen LogP contribution >= 0.6 is 11.3 Å². The molecule has 0 aliphatic carbocycles. The normalized spacial score (nSPS) is 11.5. The molecule has 0 unspecified atom stereocenters. The fourth-order valence-corrected chi connectivity index (χ4v) is 8.01. The van der Waals surface area contributed by atoms with E-state index in [1.165, 1.54) is 69.7 Å². The van der Waals surface area contributed by atoms with Gasteiger partial charge >= 0.3 is 0 Å². The van der Waals surface area contributed by atoms with Gasteiger partial charge in [0.05, 0.1) is 5.69 Å². The van der Waals surface area contributed by atoms with Crippen molar-refractivity contribution in [1.82, 2.24) is 0 Å². The summed E-state index contributed by atoms with van der Waals surface area (Å²) >= 11 is 1.89. The topological polar surface area (TPSA) is 3.24 Å². The Labute approximate surface area is 272 Å². The van der Waals surface area contributed by atoms with Gasteiger partial charge in [0.2, 0.25) is 0 Å². The molecule has 9 rings (SSSR count). The van der Waals surface area contributed by atoms with E-state index in [1.54, 1.807) is 0 Å². The number of thiophene rings is 1. The number of hydrogen-bond acceptors (Lipinski definition) is 2. The van der Waals surface area contributed by atoms with Crippen LogP contribution in [-0.2, 0) is 0 Å². The minimum Gasteiger partial charge on any atom is -0.310 e. The van der Waals surface area contributed by atoms with Crippen LogP contribution in [0.25, 0.3) is 64.0 Å². The maximum atomic E-state index is 2.44. The molecule has 0 bridgehead atoms. The van der Waals surface area contributed by atoms with Gasteiger partial charge in [0.15, 0.2) is 0 Å². The van der Waals surface area contributed by atoms with Crippen molar-refractivity contribution in [2.45, 2.75) is 0 Å². The highest BCUT2D eigenvalue weighted by Gasteiger charge is 2.20. The third-order valence-corrected chi connectivity index (χ3v) is 10.2. The summed E-state index contributed by atoms with van der Waals surface area (Å²) in [5, 5.41) is 7.58. The summed E-state index contributed by atoms with van der Waals surface area (Å²) in [5.74, 6) is 0. The smallest absolute Gasteiger partial charge is 0.0547 e. The van der Waals surface area contributed by atoms with Crippen LogP contribution in [-0.4, -0.2) is 0 Å². The Morgan fingerprint density at radius 2 is 0.935 bits per heavy atom. The van der Waals surface area contributed by atoms with Crippen molar-refractivity contribution < 1.29 is 0 Å². The molecule has 0 N–H and O–H groups in total. The predicted octanol–water partition coefficient (Wildman–Crippen LogP) is 13.2. The van der Waals surface area contributed by atoms with E-state index in [4.69, 9.17) is 0 Å². The number of hydrogen-bond donors (Lipinski definition) is 0. The Hall–Kier alpha value is -5.70. The monoisotopic (exact) mass is 603 g/mol. The highest BCUT2D eigenvalue weighted by Crippen LogP contribution is 2.47. The van der Waals surface area contributed by atoms with Crippen LogP contribution in [0.1, 0.15) is 0 Å². The SMILES string of the molecule is c1ccc(-c2ccc(N(c3ccc4ccccc4c3)c3cc4c5ccc(-c6ccccc6)cc5sc4c4ccccc34)cc2)cc1. The second kappa shape index (κ2) is 11.0. The van der Waals surface area contributed by atoms with E-state index in [2.05, 4.69) is 181 Å². The minimum atomic E-state index is 1.13. The quantitative estimate of drug-likeness (QED) is 0.189. The van der Waals surface area contributed by atoms with E-state index in [1.807, 2.05) is 11.3 Å². The number of anilines is 3. The van der Waals surface area contributed by atoms with Crippen LogP contribution in [0.5, 0.6) is 0 Å². The van der Waals surface area contributed by atoms with Gasteiger partial charge in [-0.1, -0.05) is 140 Å². The van der Waals surface area contributed by atoms with Gasteiger partial charge in [0.25, 0.3) is 0 Å². The molecule has 0 atom stereocenters. The molecule has 1 nitrogen and oxygen atoms in total. The molecule has 0 aliphatic heterocycles. The van der Waals surface area contributed by atoms with Gasteiger partial charge in [-0.3, -0.25) is 0 Å². The fraction of sp³-hybridized carbons (Fsp3) is 0. The molecule has 46 heavy (non-hydrogen) atoms. The van der Waals surface area contributed by atoms with Crippen LogP contribution in [0.15, 0.2) is 176 Å². The molecule has 0 spiro atoms. The Morgan fingerprint density at radius 3 is 1.70 bits per heavy atom. The molecule has 2 heteroatoms. The van der Waals surface area contributed by atoms with Gasteiger partial charge < -0.3 is 4.90 Å². The molecule has 216 valence electrons. The van der Waals surface area contributed by atoms with Gasteiger partial charge in [-0.25, -0.2) is 0 Å². The van der Waals surface area contributed by atoms with Crippen molar-refractivity contribution in [3.8, 4) is 22.3 Å². The molecule has 0 radical (unpaired) electrons.